The largest absolute Gasteiger partial charge is 0.496 e. The first-order valence-electron chi connectivity index (χ1n) is 9.88. The van der Waals surface area contributed by atoms with Gasteiger partial charge in [0.25, 0.3) is 0 Å². The Morgan fingerprint density at radius 3 is 2.63 bits per heavy atom. The van der Waals surface area contributed by atoms with Gasteiger partial charge in [-0.15, -0.1) is 11.8 Å². The molecule has 1 heterocycles. The van der Waals surface area contributed by atoms with E-state index in [4.69, 9.17) is 4.74 Å². The minimum absolute atomic E-state index is 0.155. The van der Waals surface area contributed by atoms with Crippen LogP contribution < -0.4 is 10.1 Å². The fourth-order valence-corrected chi connectivity index (χ4v) is 5.72. The molecule has 2 aromatic rings. The van der Waals surface area contributed by atoms with Gasteiger partial charge < -0.3 is 4.74 Å². The summed E-state index contributed by atoms with van der Waals surface area (Å²) >= 11 is 5.62. The molecule has 0 radical (unpaired) electrons. The zero-order valence-electron chi connectivity index (χ0n) is 16.6. The lowest BCUT2D eigenvalue weighted by Gasteiger charge is -2.36. The Bertz CT molecular complexity index is 752. The van der Waals surface area contributed by atoms with Crippen LogP contribution in [0.2, 0.25) is 0 Å². The van der Waals surface area contributed by atoms with E-state index in [9.17, 15) is 0 Å². The van der Waals surface area contributed by atoms with Gasteiger partial charge in [-0.3, -0.25) is 5.32 Å². The van der Waals surface area contributed by atoms with Gasteiger partial charge in [0, 0.05) is 27.1 Å². The molecule has 146 valence electrons. The fraction of sp³-hybridized carbons (Fsp3) is 0.478. The molecule has 0 spiro atoms. The number of nitrogens with one attached hydrogen (secondary N) is 1. The number of unbranched alkanes of at least 4 members (excludes halogenated alkanes) is 1. The summed E-state index contributed by atoms with van der Waals surface area (Å²) in [5.74, 6) is 2.07. The summed E-state index contributed by atoms with van der Waals surface area (Å²) in [7, 11) is 1.76. The van der Waals surface area contributed by atoms with Gasteiger partial charge in [0.05, 0.1) is 13.2 Å². The van der Waals surface area contributed by atoms with Crippen LogP contribution in [0, 0.1) is 0 Å². The maximum absolute atomic E-state index is 5.70. The third-order valence-electron chi connectivity index (χ3n) is 5.64. The monoisotopic (exact) mass is 447 g/mol. The summed E-state index contributed by atoms with van der Waals surface area (Å²) in [6.45, 7) is 4.61. The number of alkyl halides is 1. The molecule has 1 aliphatic heterocycles. The predicted octanol–water partition coefficient (Wildman–Crippen LogP) is 6.71. The molecule has 0 saturated carbocycles. The molecule has 1 aliphatic rings. The summed E-state index contributed by atoms with van der Waals surface area (Å²) < 4.78 is 5.70. The Hall–Kier alpha value is -0.970. The van der Waals surface area contributed by atoms with Crippen molar-refractivity contribution in [1.82, 2.24) is 5.32 Å². The molecule has 2 aromatic carbocycles. The first-order chi connectivity index (χ1) is 13.2. The van der Waals surface area contributed by atoms with Crippen molar-refractivity contribution >= 4 is 27.7 Å². The van der Waals surface area contributed by atoms with Crippen LogP contribution in [0.5, 0.6) is 5.75 Å². The smallest absolute Gasteiger partial charge is 0.123 e. The summed E-state index contributed by atoms with van der Waals surface area (Å²) in [6, 6.07) is 15.6. The first-order valence-corrected chi connectivity index (χ1v) is 12.0. The van der Waals surface area contributed by atoms with E-state index in [1.54, 1.807) is 7.11 Å². The van der Waals surface area contributed by atoms with Gasteiger partial charge in [0.1, 0.15) is 5.75 Å². The summed E-state index contributed by atoms with van der Waals surface area (Å²) in [6.07, 6.45) is 4.85. The second kappa shape index (κ2) is 9.49. The van der Waals surface area contributed by atoms with Crippen molar-refractivity contribution in [2.75, 3.05) is 12.9 Å². The van der Waals surface area contributed by atoms with Crippen molar-refractivity contribution in [1.29, 1.82) is 0 Å². The molecule has 2 atom stereocenters. The number of hydrogen-bond donors (Lipinski definition) is 1. The average molecular weight is 448 g/mol. The van der Waals surface area contributed by atoms with Crippen LogP contribution in [0.15, 0.2) is 47.4 Å². The molecule has 1 N–H and O–H groups in total. The minimum Gasteiger partial charge on any atom is -0.496 e. The second-order valence-corrected chi connectivity index (χ2v) is 8.93. The van der Waals surface area contributed by atoms with Gasteiger partial charge in [-0.25, -0.2) is 0 Å². The number of hydrogen-bond acceptors (Lipinski definition) is 3. The lowest BCUT2D eigenvalue weighted by atomic mass is 9.88. The molecule has 4 heteroatoms. The quantitative estimate of drug-likeness (QED) is 0.476. The van der Waals surface area contributed by atoms with Crippen LogP contribution in [-0.4, -0.2) is 18.4 Å². The first kappa shape index (κ1) is 20.8. The molecule has 0 aliphatic carbocycles. The molecule has 0 fully saturated rings. The van der Waals surface area contributed by atoms with Gasteiger partial charge in [0.15, 0.2) is 0 Å². The number of benzene rings is 2. The highest BCUT2D eigenvalue weighted by Crippen LogP contribution is 2.43. The van der Waals surface area contributed by atoms with Crippen LogP contribution in [0.4, 0.5) is 0 Å². The maximum Gasteiger partial charge on any atom is 0.123 e. The number of ether oxygens (including phenoxy) is 1. The van der Waals surface area contributed by atoms with E-state index in [1.807, 2.05) is 11.8 Å². The highest BCUT2D eigenvalue weighted by atomic mass is 79.9. The highest BCUT2D eigenvalue weighted by Gasteiger charge is 2.35. The van der Waals surface area contributed by atoms with E-state index in [2.05, 4.69) is 77.6 Å². The van der Waals surface area contributed by atoms with Crippen LogP contribution in [0.25, 0.3) is 0 Å². The SMILES string of the molecule is CCCC[C@]1(CC)CSc2cc(CBr)c(OC)cc2[C@H](c2ccccc2)N1. The maximum atomic E-state index is 5.70. The van der Waals surface area contributed by atoms with Crippen LogP contribution in [0.1, 0.15) is 62.3 Å². The van der Waals surface area contributed by atoms with Crippen LogP contribution in [0.3, 0.4) is 0 Å². The second-order valence-electron chi connectivity index (χ2n) is 7.35. The van der Waals surface area contributed by atoms with Crippen molar-refractivity contribution in [3.05, 3.63) is 59.2 Å². The zero-order chi connectivity index (χ0) is 19.3. The Morgan fingerprint density at radius 2 is 2.00 bits per heavy atom. The van der Waals surface area contributed by atoms with E-state index in [-0.39, 0.29) is 11.6 Å². The van der Waals surface area contributed by atoms with Gasteiger partial charge in [0.2, 0.25) is 0 Å². The molecule has 3 rings (SSSR count). The van der Waals surface area contributed by atoms with Crippen molar-refractivity contribution < 1.29 is 4.74 Å². The molecule has 0 bridgehead atoms. The van der Waals surface area contributed by atoms with E-state index in [0.717, 1.165) is 23.3 Å². The van der Waals surface area contributed by atoms with E-state index in [0.29, 0.717) is 0 Å². The third kappa shape index (κ3) is 4.55. The van der Waals surface area contributed by atoms with Gasteiger partial charge in [-0.05, 0) is 36.1 Å². The minimum atomic E-state index is 0.155. The number of rotatable bonds is 7. The molecule has 0 amide bonds. The molecular weight excluding hydrogens is 418 g/mol. The van der Waals surface area contributed by atoms with Crippen molar-refractivity contribution in [2.24, 2.45) is 0 Å². The molecule has 0 saturated heterocycles. The van der Waals surface area contributed by atoms with Crippen molar-refractivity contribution in [3.8, 4) is 5.75 Å². The molecule has 0 aromatic heterocycles. The highest BCUT2D eigenvalue weighted by molar-refractivity contribution is 9.08. The summed E-state index contributed by atoms with van der Waals surface area (Å²) in [5.41, 5.74) is 4.03. The van der Waals surface area contributed by atoms with Gasteiger partial charge >= 0.3 is 0 Å². The Labute approximate surface area is 176 Å². The van der Waals surface area contributed by atoms with Crippen molar-refractivity contribution in [3.63, 3.8) is 0 Å². The van der Waals surface area contributed by atoms with E-state index < -0.39 is 0 Å². The lowest BCUT2D eigenvalue weighted by Crippen LogP contribution is -2.48. The Kier molecular flexibility index (Phi) is 7.29. The van der Waals surface area contributed by atoms with E-state index >= 15 is 0 Å². The Balaban J connectivity index is 2.10. The van der Waals surface area contributed by atoms with Gasteiger partial charge in [-0.2, -0.15) is 0 Å². The van der Waals surface area contributed by atoms with Crippen LogP contribution in [-0.2, 0) is 5.33 Å². The fourth-order valence-electron chi connectivity index (χ4n) is 3.85. The average Bonchev–Trinajstić information content (AvgIpc) is 2.89. The Morgan fingerprint density at radius 1 is 1.22 bits per heavy atom. The standard InChI is InChI=1S/C23H30BrNOS/c1-4-6-12-23(5-2)16-27-21-13-18(15-24)20(26-3)14-19(21)22(25-23)17-10-8-7-9-11-17/h7-11,13-14,22,25H,4-6,12,15-16H2,1-3H3/t22-,23+/m0/s1. The van der Waals surface area contributed by atoms with Gasteiger partial charge in [-0.1, -0.05) is 73.0 Å². The zero-order valence-corrected chi connectivity index (χ0v) is 19.0. The molecule has 0 unspecified atom stereocenters. The van der Waals surface area contributed by atoms with E-state index in [1.165, 1.54) is 40.8 Å². The summed E-state index contributed by atoms with van der Waals surface area (Å²) in [5, 5.41) is 4.89. The summed E-state index contributed by atoms with van der Waals surface area (Å²) in [4.78, 5) is 1.37. The third-order valence-corrected chi connectivity index (χ3v) is 7.61. The molecule has 2 nitrogen and oxygen atoms in total. The lowest BCUT2D eigenvalue weighted by molar-refractivity contribution is 0.297. The topological polar surface area (TPSA) is 21.3 Å². The number of thioether (sulfide) groups is 1. The van der Waals surface area contributed by atoms with Crippen LogP contribution >= 0.6 is 27.7 Å². The molecular formula is C23H30BrNOS. The number of methoxy groups -OCH3 is 1. The molecule has 27 heavy (non-hydrogen) atoms. The normalized spacial score (nSPS) is 22.1. The predicted molar refractivity (Wildman–Crippen MR) is 120 cm³/mol. The van der Waals surface area contributed by atoms with Crippen molar-refractivity contribution in [2.45, 2.75) is 61.3 Å². The number of halogens is 1. The number of fused-ring (bicyclic) bond motifs is 1.